The highest BCUT2D eigenvalue weighted by Crippen LogP contribution is 2.36. The highest BCUT2D eigenvalue weighted by molar-refractivity contribution is 5.75. The predicted octanol–water partition coefficient (Wildman–Crippen LogP) is 2.24. The lowest BCUT2D eigenvalue weighted by molar-refractivity contribution is -0.153. The van der Waals surface area contributed by atoms with Crippen molar-refractivity contribution in [3.05, 3.63) is 0 Å². The van der Waals surface area contributed by atoms with E-state index in [2.05, 4.69) is 13.8 Å². The van der Waals surface area contributed by atoms with Crippen LogP contribution in [0.4, 0.5) is 0 Å². The van der Waals surface area contributed by atoms with Crippen molar-refractivity contribution in [1.82, 2.24) is 0 Å². The molecule has 2 N–H and O–H groups in total. The van der Waals surface area contributed by atoms with Crippen molar-refractivity contribution in [2.75, 3.05) is 0 Å². The molecule has 15 heavy (non-hydrogen) atoms. The van der Waals surface area contributed by atoms with Crippen LogP contribution in [0.5, 0.6) is 0 Å². The molecule has 1 saturated carbocycles. The number of esters is 1. The van der Waals surface area contributed by atoms with Crippen molar-refractivity contribution in [2.45, 2.75) is 65.0 Å². The Balaban J connectivity index is 2.33. The fourth-order valence-electron chi connectivity index (χ4n) is 1.91. The quantitative estimate of drug-likeness (QED) is 0.731. The maximum atomic E-state index is 11.5. The Kier molecular flexibility index (Phi) is 4.14. The minimum Gasteiger partial charge on any atom is -0.461 e. The van der Waals surface area contributed by atoms with Crippen molar-refractivity contribution in [2.24, 2.45) is 11.1 Å². The van der Waals surface area contributed by atoms with Gasteiger partial charge in [-0.05, 0) is 37.5 Å². The summed E-state index contributed by atoms with van der Waals surface area (Å²) in [6, 6.07) is -0.445. The van der Waals surface area contributed by atoms with Crippen LogP contribution in [0.1, 0.15) is 52.9 Å². The van der Waals surface area contributed by atoms with Crippen LogP contribution in [0.25, 0.3) is 0 Å². The van der Waals surface area contributed by atoms with Gasteiger partial charge in [0.05, 0.1) is 0 Å². The van der Waals surface area contributed by atoms with Gasteiger partial charge in [0.15, 0.2) is 0 Å². The maximum Gasteiger partial charge on any atom is 0.323 e. The standard InChI is InChI=1S/C12H23NO2/c1-4-10(13)11(14)15-9-5-7-12(2,3)8-6-9/h9-10H,4-8,13H2,1-3H3. The van der Waals surface area contributed by atoms with Crippen molar-refractivity contribution < 1.29 is 9.53 Å². The van der Waals surface area contributed by atoms with Crippen molar-refractivity contribution >= 4 is 5.97 Å². The van der Waals surface area contributed by atoms with Crippen LogP contribution in [0.2, 0.25) is 0 Å². The molecule has 88 valence electrons. The molecule has 0 aliphatic heterocycles. The van der Waals surface area contributed by atoms with Crippen LogP contribution in [0.15, 0.2) is 0 Å². The highest BCUT2D eigenvalue weighted by atomic mass is 16.5. The molecule has 1 atom stereocenters. The minimum absolute atomic E-state index is 0.100. The molecule has 1 fully saturated rings. The summed E-state index contributed by atoms with van der Waals surface area (Å²) < 4.78 is 5.37. The van der Waals surface area contributed by atoms with Gasteiger partial charge >= 0.3 is 5.97 Å². The lowest BCUT2D eigenvalue weighted by Gasteiger charge is -2.34. The van der Waals surface area contributed by atoms with Crippen LogP contribution in [0.3, 0.4) is 0 Å². The topological polar surface area (TPSA) is 52.3 Å². The lowest BCUT2D eigenvalue weighted by Crippen LogP contribution is -2.36. The Morgan fingerprint density at radius 3 is 2.47 bits per heavy atom. The van der Waals surface area contributed by atoms with Gasteiger partial charge < -0.3 is 10.5 Å². The second kappa shape index (κ2) is 4.97. The zero-order chi connectivity index (χ0) is 11.5. The van der Waals surface area contributed by atoms with E-state index in [9.17, 15) is 4.79 Å². The zero-order valence-electron chi connectivity index (χ0n) is 10.1. The van der Waals surface area contributed by atoms with Crippen LogP contribution in [0, 0.1) is 5.41 Å². The molecule has 0 aromatic carbocycles. The molecular weight excluding hydrogens is 190 g/mol. The first-order valence-electron chi connectivity index (χ1n) is 5.90. The van der Waals surface area contributed by atoms with Crippen LogP contribution >= 0.6 is 0 Å². The SMILES string of the molecule is CCC(N)C(=O)OC1CCC(C)(C)CC1. The van der Waals surface area contributed by atoms with Gasteiger partial charge in [-0.1, -0.05) is 20.8 Å². The summed E-state index contributed by atoms with van der Waals surface area (Å²) in [5.41, 5.74) is 6.02. The molecule has 1 rings (SSSR count). The second-order valence-electron chi connectivity index (χ2n) is 5.32. The summed E-state index contributed by atoms with van der Waals surface area (Å²) in [7, 11) is 0. The summed E-state index contributed by atoms with van der Waals surface area (Å²) in [6.07, 6.45) is 4.98. The van der Waals surface area contributed by atoms with Crippen molar-refractivity contribution in [3.8, 4) is 0 Å². The van der Waals surface area contributed by atoms with Crippen molar-refractivity contribution in [1.29, 1.82) is 0 Å². The summed E-state index contributed by atoms with van der Waals surface area (Å²) in [5.74, 6) is -0.234. The predicted molar refractivity (Wildman–Crippen MR) is 60.4 cm³/mol. The van der Waals surface area contributed by atoms with Gasteiger partial charge in [-0.25, -0.2) is 0 Å². The number of carbonyl (C=O) groups is 1. The van der Waals surface area contributed by atoms with Gasteiger partial charge in [0.25, 0.3) is 0 Å². The Bertz CT molecular complexity index is 216. The van der Waals surface area contributed by atoms with Gasteiger partial charge in [0.1, 0.15) is 12.1 Å². The highest BCUT2D eigenvalue weighted by Gasteiger charge is 2.29. The molecular formula is C12H23NO2. The van der Waals surface area contributed by atoms with Gasteiger partial charge in [-0.3, -0.25) is 4.79 Å². The second-order valence-corrected chi connectivity index (χ2v) is 5.32. The van der Waals surface area contributed by atoms with E-state index in [1.54, 1.807) is 0 Å². The minimum atomic E-state index is -0.445. The molecule has 3 nitrogen and oxygen atoms in total. The summed E-state index contributed by atoms with van der Waals surface area (Å²) in [4.78, 5) is 11.5. The fourth-order valence-corrected chi connectivity index (χ4v) is 1.91. The van der Waals surface area contributed by atoms with E-state index < -0.39 is 6.04 Å². The molecule has 0 amide bonds. The number of rotatable bonds is 3. The first kappa shape index (κ1) is 12.5. The fraction of sp³-hybridized carbons (Fsp3) is 0.917. The number of ether oxygens (including phenoxy) is 1. The Morgan fingerprint density at radius 2 is 2.00 bits per heavy atom. The first-order chi connectivity index (χ1) is 6.94. The van der Waals surface area contributed by atoms with E-state index in [-0.39, 0.29) is 12.1 Å². The number of carbonyl (C=O) groups excluding carboxylic acids is 1. The third-order valence-corrected chi connectivity index (χ3v) is 3.31. The van der Waals surface area contributed by atoms with Crippen molar-refractivity contribution in [3.63, 3.8) is 0 Å². The van der Waals surface area contributed by atoms with Gasteiger partial charge in [0.2, 0.25) is 0 Å². The van der Waals surface area contributed by atoms with Crippen LogP contribution in [-0.4, -0.2) is 18.1 Å². The smallest absolute Gasteiger partial charge is 0.323 e. The van der Waals surface area contributed by atoms with E-state index in [1.165, 1.54) is 0 Å². The summed E-state index contributed by atoms with van der Waals surface area (Å²) in [5, 5.41) is 0. The largest absolute Gasteiger partial charge is 0.461 e. The van der Waals surface area contributed by atoms with Crippen LogP contribution < -0.4 is 5.73 Å². The molecule has 0 bridgehead atoms. The molecule has 0 aromatic heterocycles. The van der Waals surface area contributed by atoms with E-state index >= 15 is 0 Å². The third kappa shape index (κ3) is 3.82. The van der Waals surface area contributed by atoms with Gasteiger partial charge in [0, 0.05) is 0 Å². The lowest BCUT2D eigenvalue weighted by atomic mass is 9.76. The number of hydrogen-bond donors (Lipinski definition) is 1. The van der Waals surface area contributed by atoms with E-state index in [0.29, 0.717) is 11.8 Å². The Labute approximate surface area is 92.4 Å². The van der Waals surface area contributed by atoms with E-state index in [4.69, 9.17) is 10.5 Å². The first-order valence-corrected chi connectivity index (χ1v) is 5.90. The van der Waals surface area contributed by atoms with E-state index in [0.717, 1.165) is 25.7 Å². The average Bonchev–Trinajstić information content (AvgIpc) is 2.20. The van der Waals surface area contributed by atoms with E-state index in [1.807, 2.05) is 6.92 Å². The molecule has 0 spiro atoms. The molecule has 0 radical (unpaired) electrons. The third-order valence-electron chi connectivity index (χ3n) is 3.31. The zero-order valence-corrected chi connectivity index (χ0v) is 10.1. The summed E-state index contributed by atoms with van der Waals surface area (Å²) in [6.45, 7) is 6.43. The average molecular weight is 213 g/mol. The maximum absolute atomic E-state index is 11.5. The molecule has 1 aliphatic carbocycles. The molecule has 3 heteroatoms. The molecule has 0 saturated heterocycles. The molecule has 0 heterocycles. The number of nitrogens with two attached hydrogens (primary N) is 1. The molecule has 0 aromatic rings. The van der Waals surface area contributed by atoms with Gasteiger partial charge in [-0.15, -0.1) is 0 Å². The van der Waals surface area contributed by atoms with Crippen LogP contribution in [-0.2, 0) is 9.53 Å². The normalized spacial score (nSPS) is 23.5. The Morgan fingerprint density at radius 1 is 1.47 bits per heavy atom. The summed E-state index contributed by atoms with van der Waals surface area (Å²) >= 11 is 0. The van der Waals surface area contributed by atoms with Gasteiger partial charge in [-0.2, -0.15) is 0 Å². The molecule has 1 aliphatic rings. The Hall–Kier alpha value is -0.570. The molecule has 1 unspecified atom stereocenters. The number of hydrogen-bond acceptors (Lipinski definition) is 3. The monoisotopic (exact) mass is 213 g/mol.